The second kappa shape index (κ2) is 6.30. The SMILES string of the molecule is O=C1NC(Nc2ccc3ncsc3c2)=NC1=Cc1ccc2cccnc2c1. The topological polar surface area (TPSA) is 79.3 Å². The molecule has 2 N–H and O–H groups in total. The summed E-state index contributed by atoms with van der Waals surface area (Å²) in [5.41, 5.74) is 5.72. The maximum atomic E-state index is 12.3. The number of anilines is 1. The standard InChI is InChI=1S/C20H13N5OS/c26-19-17(9-12-3-4-13-2-1-7-21-16(13)8-12)24-20(25-19)23-14-5-6-15-18(10-14)27-11-22-15/h1-11H,(H2,23,24,25,26). The van der Waals surface area contributed by atoms with Gasteiger partial charge in [-0.25, -0.2) is 9.98 Å². The Morgan fingerprint density at radius 1 is 1.04 bits per heavy atom. The summed E-state index contributed by atoms with van der Waals surface area (Å²) in [6.45, 7) is 0. The molecule has 5 rings (SSSR count). The molecule has 1 amide bonds. The quantitative estimate of drug-likeness (QED) is 0.526. The van der Waals surface area contributed by atoms with Gasteiger partial charge in [0, 0.05) is 17.3 Å². The Bertz CT molecular complexity index is 1260. The van der Waals surface area contributed by atoms with Crippen LogP contribution < -0.4 is 10.6 Å². The number of carbonyl (C=O) groups excluding carboxylic acids is 1. The Morgan fingerprint density at radius 2 is 2.00 bits per heavy atom. The molecule has 1 aliphatic rings. The van der Waals surface area contributed by atoms with E-state index in [0.29, 0.717) is 11.7 Å². The highest BCUT2D eigenvalue weighted by atomic mass is 32.1. The molecule has 3 heterocycles. The molecule has 7 heteroatoms. The van der Waals surface area contributed by atoms with Gasteiger partial charge in [-0.3, -0.25) is 15.1 Å². The van der Waals surface area contributed by atoms with Gasteiger partial charge in [0.25, 0.3) is 5.91 Å². The number of carbonyl (C=O) groups is 1. The Labute approximate surface area is 158 Å². The molecule has 6 nitrogen and oxygen atoms in total. The van der Waals surface area contributed by atoms with E-state index in [9.17, 15) is 4.79 Å². The normalized spacial score (nSPS) is 15.3. The zero-order valence-corrected chi connectivity index (χ0v) is 14.8. The molecule has 0 spiro atoms. The minimum Gasteiger partial charge on any atom is -0.326 e. The third-order valence-electron chi connectivity index (χ3n) is 4.22. The molecule has 130 valence electrons. The van der Waals surface area contributed by atoms with Crippen LogP contribution in [0.5, 0.6) is 0 Å². The lowest BCUT2D eigenvalue weighted by Crippen LogP contribution is -2.29. The Morgan fingerprint density at radius 3 is 2.96 bits per heavy atom. The number of amides is 1. The number of fused-ring (bicyclic) bond motifs is 2. The van der Waals surface area contributed by atoms with Crippen LogP contribution in [0.4, 0.5) is 5.69 Å². The molecule has 0 aliphatic carbocycles. The number of thiazole rings is 1. The van der Waals surface area contributed by atoms with Crippen LogP contribution in [0.3, 0.4) is 0 Å². The van der Waals surface area contributed by atoms with Gasteiger partial charge in [-0.05, 0) is 42.0 Å². The van der Waals surface area contributed by atoms with Gasteiger partial charge in [0.1, 0.15) is 5.70 Å². The second-order valence-electron chi connectivity index (χ2n) is 6.06. The van der Waals surface area contributed by atoms with Crippen LogP contribution >= 0.6 is 11.3 Å². The van der Waals surface area contributed by atoms with Crippen LogP contribution in [0.25, 0.3) is 27.2 Å². The lowest BCUT2D eigenvalue weighted by atomic mass is 10.1. The molecule has 2 aromatic carbocycles. The van der Waals surface area contributed by atoms with E-state index in [1.807, 2.05) is 54.0 Å². The van der Waals surface area contributed by atoms with E-state index in [0.717, 1.165) is 32.4 Å². The second-order valence-corrected chi connectivity index (χ2v) is 6.95. The molecule has 2 aromatic heterocycles. The zero-order valence-electron chi connectivity index (χ0n) is 14.0. The fourth-order valence-electron chi connectivity index (χ4n) is 2.93. The van der Waals surface area contributed by atoms with Crippen LogP contribution in [0, 0.1) is 0 Å². The molecule has 0 saturated heterocycles. The van der Waals surface area contributed by atoms with Crippen molar-refractivity contribution in [2.45, 2.75) is 0 Å². The fraction of sp³-hybridized carbons (Fsp3) is 0. The van der Waals surface area contributed by atoms with Crippen LogP contribution in [0.1, 0.15) is 5.56 Å². The van der Waals surface area contributed by atoms with Crippen molar-refractivity contribution in [3.05, 3.63) is 71.5 Å². The van der Waals surface area contributed by atoms with E-state index >= 15 is 0 Å². The summed E-state index contributed by atoms with van der Waals surface area (Å²) in [6.07, 6.45) is 3.51. The highest BCUT2D eigenvalue weighted by Crippen LogP contribution is 2.22. The van der Waals surface area contributed by atoms with E-state index < -0.39 is 0 Å². The molecule has 1 aliphatic heterocycles. The lowest BCUT2D eigenvalue weighted by Gasteiger charge is -2.04. The summed E-state index contributed by atoms with van der Waals surface area (Å²) >= 11 is 1.57. The molecule has 0 bridgehead atoms. The predicted molar refractivity (Wildman–Crippen MR) is 109 cm³/mol. The summed E-state index contributed by atoms with van der Waals surface area (Å²) in [4.78, 5) is 25.2. The number of nitrogens with zero attached hydrogens (tertiary/aromatic N) is 3. The molecule has 0 unspecified atom stereocenters. The minimum absolute atomic E-state index is 0.238. The first-order valence-corrected chi connectivity index (χ1v) is 9.19. The van der Waals surface area contributed by atoms with Gasteiger partial charge < -0.3 is 5.32 Å². The summed E-state index contributed by atoms with van der Waals surface area (Å²) in [5.74, 6) is 0.173. The average Bonchev–Trinajstić information content (AvgIpc) is 3.28. The van der Waals surface area contributed by atoms with E-state index in [-0.39, 0.29) is 5.91 Å². The van der Waals surface area contributed by atoms with Gasteiger partial charge >= 0.3 is 0 Å². The Hall–Kier alpha value is -3.58. The maximum Gasteiger partial charge on any atom is 0.276 e. The summed E-state index contributed by atoms with van der Waals surface area (Å²) < 4.78 is 1.07. The number of hydrogen-bond acceptors (Lipinski definition) is 6. The van der Waals surface area contributed by atoms with Crippen molar-refractivity contribution in [1.82, 2.24) is 15.3 Å². The number of guanidine groups is 1. The van der Waals surface area contributed by atoms with Crippen LogP contribution in [0.2, 0.25) is 0 Å². The van der Waals surface area contributed by atoms with E-state index in [4.69, 9.17) is 0 Å². The van der Waals surface area contributed by atoms with Crippen molar-refractivity contribution < 1.29 is 4.79 Å². The van der Waals surface area contributed by atoms with Crippen molar-refractivity contribution in [2.75, 3.05) is 5.32 Å². The van der Waals surface area contributed by atoms with Crippen molar-refractivity contribution >= 4 is 56.1 Å². The minimum atomic E-state index is -0.238. The zero-order chi connectivity index (χ0) is 18.2. The van der Waals surface area contributed by atoms with Gasteiger partial charge in [0.05, 0.1) is 21.2 Å². The van der Waals surface area contributed by atoms with Gasteiger partial charge in [-0.1, -0.05) is 18.2 Å². The average molecular weight is 371 g/mol. The number of aromatic nitrogens is 2. The molecule has 0 saturated carbocycles. The summed E-state index contributed by atoms with van der Waals surface area (Å²) in [7, 11) is 0. The molecule has 0 atom stereocenters. The number of pyridine rings is 1. The fourth-order valence-corrected chi connectivity index (χ4v) is 3.64. The van der Waals surface area contributed by atoms with Crippen molar-refractivity contribution in [3.8, 4) is 0 Å². The lowest BCUT2D eigenvalue weighted by molar-refractivity contribution is -0.115. The number of benzene rings is 2. The van der Waals surface area contributed by atoms with E-state index in [1.165, 1.54) is 0 Å². The largest absolute Gasteiger partial charge is 0.326 e. The first-order chi connectivity index (χ1) is 13.2. The molecule has 0 fully saturated rings. The van der Waals surface area contributed by atoms with Gasteiger partial charge in [0.15, 0.2) is 0 Å². The van der Waals surface area contributed by atoms with Crippen molar-refractivity contribution in [3.63, 3.8) is 0 Å². The molecular formula is C20H13N5OS. The maximum absolute atomic E-state index is 12.3. The van der Waals surface area contributed by atoms with Crippen LogP contribution in [-0.4, -0.2) is 21.8 Å². The highest BCUT2D eigenvalue weighted by molar-refractivity contribution is 7.16. The van der Waals surface area contributed by atoms with Crippen LogP contribution in [0.15, 0.2) is 70.9 Å². The predicted octanol–water partition coefficient (Wildman–Crippen LogP) is 3.78. The highest BCUT2D eigenvalue weighted by Gasteiger charge is 2.20. The first kappa shape index (κ1) is 15.7. The molecule has 0 radical (unpaired) electrons. The van der Waals surface area contributed by atoms with Crippen LogP contribution in [-0.2, 0) is 4.79 Å². The van der Waals surface area contributed by atoms with E-state index in [2.05, 4.69) is 25.6 Å². The first-order valence-electron chi connectivity index (χ1n) is 8.31. The van der Waals surface area contributed by atoms with Gasteiger partial charge in [-0.15, -0.1) is 11.3 Å². The molecule has 27 heavy (non-hydrogen) atoms. The Balaban J connectivity index is 1.43. The monoisotopic (exact) mass is 371 g/mol. The third-order valence-corrected chi connectivity index (χ3v) is 5.02. The summed E-state index contributed by atoms with van der Waals surface area (Å²) in [6, 6.07) is 15.6. The van der Waals surface area contributed by atoms with Crippen molar-refractivity contribution in [2.24, 2.45) is 4.99 Å². The summed E-state index contributed by atoms with van der Waals surface area (Å²) in [5, 5.41) is 6.95. The van der Waals surface area contributed by atoms with E-state index in [1.54, 1.807) is 23.6 Å². The van der Waals surface area contributed by atoms with Gasteiger partial charge in [-0.2, -0.15) is 0 Å². The molecule has 4 aromatic rings. The third kappa shape index (κ3) is 3.04. The van der Waals surface area contributed by atoms with Crippen molar-refractivity contribution in [1.29, 1.82) is 0 Å². The smallest absolute Gasteiger partial charge is 0.276 e. The number of hydrogen-bond donors (Lipinski definition) is 2. The Kier molecular flexibility index (Phi) is 3.65. The number of nitrogens with one attached hydrogen (secondary N) is 2. The molecular weight excluding hydrogens is 358 g/mol. The van der Waals surface area contributed by atoms with Gasteiger partial charge in [0.2, 0.25) is 5.96 Å². The number of aliphatic imine (C=N–C) groups is 1. The number of rotatable bonds is 2.